The molecule has 0 radical (unpaired) electrons. The predicted octanol–water partition coefficient (Wildman–Crippen LogP) is 2.60. The van der Waals surface area contributed by atoms with Gasteiger partial charge >= 0.3 is 0 Å². The third-order valence-corrected chi connectivity index (χ3v) is 2.81. The maximum absolute atomic E-state index is 13.0. The molecule has 3 nitrogen and oxygen atoms in total. The van der Waals surface area contributed by atoms with Gasteiger partial charge in [0.1, 0.15) is 0 Å². The molecule has 0 heterocycles. The van der Waals surface area contributed by atoms with Crippen molar-refractivity contribution in [2.45, 2.75) is 13.0 Å². The molecule has 20 heavy (non-hydrogen) atoms. The van der Waals surface area contributed by atoms with Crippen molar-refractivity contribution in [3.8, 4) is 0 Å². The van der Waals surface area contributed by atoms with Crippen molar-refractivity contribution >= 4 is 11.6 Å². The number of carbonyl (C=O) groups is 1. The van der Waals surface area contributed by atoms with Gasteiger partial charge in [0.25, 0.3) is 0 Å². The van der Waals surface area contributed by atoms with E-state index in [0.29, 0.717) is 12.1 Å². The Morgan fingerprint density at radius 2 is 1.65 bits per heavy atom. The molecule has 0 saturated carbocycles. The summed E-state index contributed by atoms with van der Waals surface area (Å²) in [5, 5.41) is 3.08. The van der Waals surface area contributed by atoms with Gasteiger partial charge in [0, 0.05) is 12.2 Å². The van der Waals surface area contributed by atoms with Gasteiger partial charge in [-0.25, -0.2) is 8.78 Å². The Kier molecular flexibility index (Phi) is 4.30. The molecule has 2 aromatic rings. The Morgan fingerprint density at radius 1 is 1.00 bits per heavy atom. The first-order chi connectivity index (χ1) is 9.54. The summed E-state index contributed by atoms with van der Waals surface area (Å²) in [5.74, 6) is -2.10. The molecule has 0 aliphatic heterocycles. The van der Waals surface area contributed by atoms with Crippen molar-refractivity contribution in [2.24, 2.45) is 5.73 Å². The minimum Gasteiger partial charge on any atom is -0.381 e. The summed E-state index contributed by atoms with van der Waals surface area (Å²) in [5.41, 5.74) is 7.40. The maximum Gasteiger partial charge on any atom is 0.221 e. The number of nitrogens with one attached hydrogen (secondary N) is 1. The van der Waals surface area contributed by atoms with Crippen LogP contribution in [0.5, 0.6) is 0 Å². The number of carbonyl (C=O) groups excluding carboxylic acids is 1. The van der Waals surface area contributed by atoms with E-state index in [1.807, 2.05) is 0 Å². The lowest BCUT2D eigenvalue weighted by Gasteiger charge is -2.07. The summed E-state index contributed by atoms with van der Waals surface area (Å²) >= 11 is 0. The van der Waals surface area contributed by atoms with Crippen molar-refractivity contribution in [3.05, 3.63) is 65.2 Å². The molecule has 2 aromatic carbocycles. The van der Waals surface area contributed by atoms with Crippen LogP contribution in [0.4, 0.5) is 14.5 Å². The van der Waals surface area contributed by atoms with E-state index in [4.69, 9.17) is 5.73 Å². The van der Waals surface area contributed by atoms with E-state index < -0.39 is 11.6 Å². The second-order valence-corrected chi connectivity index (χ2v) is 4.44. The van der Waals surface area contributed by atoms with Gasteiger partial charge in [0.2, 0.25) is 5.91 Å². The third-order valence-electron chi connectivity index (χ3n) is 2.81. The number of amides is 1. The number of anilines is 1. The number of halogens is 2. The van der Waals surface area contributed by atoms with E-state index in [9.17, 15) is 13.6 Å². The van der Waals surface area contributed by atoms with Crippen LogP contribution in [-0.2, 0) is 17.8 Å². The highest BCUT2D eigenvalue weighted by atomic mass is 19.2. The van der Waals surface area contributed by atoms with Gasteiger partial charge in [-0.1, -0.05) is 18.2 Å². The summed E-state index contributed by atoms with van der Waals surface area (Å²) < 4.78 is 25.8. The summed E-state index contributed by atoms with van der Waals surface area (Å²) in [6.45, 7) is 0.381. The van der Waals surface area contributed by atoms with E-state index in [0.717, 1.165) is 23.4 Å². The van der Waals surface area contributed by atoms with Gasteiger partial charge in [0.15, 0.2) is 11.6 Å². The van der Waals surface area contributed by atoms with E-state index >= 15 is 0 Å². The number of primary amides is 1. The Balaban J connectivity index is 1.96. The summed E-state index contributed by atoms with van der Waals surface area (Å²) in [4.78, 5) is 10.8. The molecule has 0 bridgehead atoms. The minimum absolute atomic E-state index is 0.198. The zero-order valence-corrected chi connectivity index (χ0v) is 10.7. The van der Waals surface area contributed by atoms with Gasteiger partial charge in [-0.2, -0.15) is 0 Å². The molecule has 0 unspecified atom stereocenters. The Morgan fingerprint density at radius 3 is 2.25 bits per heavy atom. The second-order valence-electron chi connectivity index (χ2n) is 4.44. The zero-order chi connectivity index (χ0) is 14.5. The highest BCUT2D eigenvalue weighted by Crippen LogP contribution is 2.13. The molecule has 0 aliphatic carbocycles. The fourth-order valence-corrected chi connectivity index (χ4v) is 1.80. The number of hydrogen-bond acceptors (Lipinski definition) is 2. The number of benzene rings is 2. The fraction of sp³-hybridized carbons (Fsp3) is 0.133. The summed E-state index contributed by atoms with van der Waals surface area (Å²) in [6.07, 6.45) is 0.198. The van der Waals surface area contributed by atoms with Crippen molar-refractivity contribution in [2.75, 3.05) is 5.32 Å². The molecule has 0 atom stereocenters. The summed E-state index contributed by atoms with van der Waals surface area (Å²) in [7, 11) is 0. The molecule has 5 heteroatoms. The molecule has 3 N–H and O–H groups in total. The number of rotatable bonds is 5. The van der Waals surface area contributed by atoms with E-state index in [1.165, 1.54) is 6.07 Å². The summed E-state index contributed by atoms with van der Waals surface area (Å²) in [6, 6.07) is 11.0. The van der Waals surface area contributed by atoms with Crippen molar-refractivity contribution in [3.63, 3.8) is 0 Å². The molecular formula is C15H14F2N2O. The van der Waals surface area contributed by atoms with Gasteiger partial charge in [-0.3, -0.25) is 4.79 Å². The smallest absolute Gasteiger partial charge is 0.221 e. The zero-order valence-electron chi connectivity index (χ0n) is 10.7. The molecule has 2 rings (SSSR count). The molecule has 104 valence electrons. The lowest BCUT2D eigenvalue weighted by Crippen LogP contribution is -2.13. The quantitative estimate of drug-likeness (QED) is 0.882. The van der Waals surface area contributed by atoms with E-state index in [1.54, 1.807) is 24.3 Å². The highest BCUT2D eigenvalue weighted by molar-refractivity contribution is 5.76. The molecule has 0 fully saturated rings. The molecule has 0 saturated heterocycles. The first kappa shape index (κ1) is 14.0. The largest absolute Gasteiger partial charge is 0.381 e. The van der Waals surface area contributed by atoms with Gasteiger partial charge in [-0.15, -0.1) is 0 Å². The maximum atomic E-state index is 13.0. The molecular weight excluding hydrogens is 262 g/mol. The Hall–Kier alpha value is -2.43. The van der Waals surface area contributed by atoms with Crippen LogP contribution in [0.15, 0.2) is 42.5 Å². The van der Waals surface area contributed by atoms with E-state index in [2.05, 4.69) is 5.32 Å². The Labute approximate surface area is 115 Å². The standard InChI is InChI=1S/C15H14F2N2O/c16-13-6-3-11(7-14(13)17)9-19-12-4-1-10(2-5-12)8-15(18)20/h1-7,19H,8-9H2,(H2,18,20). The normalized spacial score (nSPS) is 10.3. The first-order valence-electron chi connectivity index (χ1n) is 6.09. The first-order valence-corrected chi connectivity index (χ1v) is 6.09. The van der Waals surface area contributed by atoms with E-state index in [-0.39, 0.29) is 12.3 Å². The lowest BCUT2D eigenvalue weighted by molar-refractivity contribution is -0.117. The molecule has 0 aliphatic rings. The second kappa shape index (κ2) is 6.14. The van der Waals surface area contributed by atoms with Gasteiger partial charge in [0.05, 0.1) is 6.42 Å². The van der Waals surface area contributed by atoms with Crippen LogP contribution in [0.25, 0.3) is 0 Å². The highest BCUT2D eigenvalue weighted by Gasteiger charge is 2.03. The molecule has 0 aromatic heterocycles. The number of nitrogens with two attached hydrogens (primary N) is 1. The minimum atomic E-state index is -0.860. The van der Waals surface area contributed by atoms with Crippen LogP contribution in [0.1, 0.15) is 11.1 Å². The average Bonchev–Trinajstić information content (AvgIpc) is 2.41. The van der Waals surface area contributed by atoms with Crippen molar-refractivity contribution < 1.29 is 13.6 Å². The van der Waals surface area contributed by atoms with Gasteiger partial charge in [-0.05, 0) is 35.4 Å². The van der Waals surface area contributed by atoms with Crippen LogP contribution in [-0.4, -0.2) is 5.91 Å². The van der Waals surface area contributed by atoms with Crippen LogP contribution >= 0.6 is 0 Å². The lowest BCUT2D eigenvalue weighted by atomic mass is 10.1. The Bertz CT molecular complexity index is 612. The topological polar surface area (TPSA) is 55.1 Å². The number of hydrogen-bond donors (Lipinski definition) is 2. The van der Waals surface area contributed by atoms with Crippen molar-refractivity contribution in [1.29, 1.82) is 0 Å². The monoisotopic (exact) mass is 276 g/mol. The molecule has 0 spiro atoms. The van der Waals surface area contributed by atoms with Crippen LogP contribution < -0.4 is 11.1 Å². The average molecular weight is 276 g/mol. The van der Waals surface area contributed by atoms with Crippen LogP contribution in [0.2, 0.25) is 0 Å². The van der Waals surface area contributed by atoms with Crippen LogP contribution in [0, 0.1) is 11.6 Å². The van der Waals surface area contributed by atoms with Gasteiger partial charge < -0.3 is 11.1 Å². The molecule has 1 amide bonds. The predicted molar refractivity (Wildman–Crippen MR) is 73.0 cm³/mol. The van der Waals surface area contributed by atoms with Crippen LogP contribution in [0.3, 0.4) is 0 Å². The SMILES string of the molecule is NC(=O)Cc1ccc(NCc2ccc(F)c(F)c2)cc1. The van der Waals surface area contributed by atoms with Crippen molar-refractivity contribution in [1.82, 2.24) is 0 Å². The fourth-order valence-electron chi connectivity index (χ4n) is 1.80. The third kappa shape index (κ3) is 3.78.